The van der Waals surface area contributed by atoms with Crippen LogP contribution in [0.15, 0.2) is 35.7 Å². The van der Waals surface area contributed by atoms with Crippen molar-refractivity contribution in [3.05, 3.63) is 50.7 Å². The van der Waals surface area contributed by atoms with Gasteiger partial charge < -0.3 is 10.2 Å². The quantitative estimate of drug-likeness (QED) is 0.650. The fourth-order valence-electron chi connectivity index (χ4n) is 2.40. The van der Waals surface area contributed by atoms with Crippen LogP contribution in [0.2, 0.25) is 0 Å². The van der Waals surface area contributed by atoms with Crippen LogP contribution in [0.3, 0.4) is 0 Å². The van der Waals surface area contributed by atoms with Crippen LogP contribution in [0.25, 0.3) is 0 Å². The Morgan fingerprint density at radius 3 is 2.81 bits per heavy atom. The van der Waals surface area contributed by atoms with E-state index >= 15 is 0 Å². The molecule has 1 aliphatic rings. The number of benzene rings is 1. The Hall–Kier alpha value is -2.08. The van der Waals surface area contributed by atoms with E-state index in [2.05, 4.69) is 21.7 Å². The molecule has 1 heterocycles. The predicted molar refractivity (Wildman–Crippen MR) is 86.2 cm³/mol. The lowest BCUT2D eigenvalue weighted by Gasteiger charge is -2.24. The van der Waals surface area contributed by atoms with Crippen molar-refractivity contribution in [2.75, 3.05) is 17.3 Å². The van der Waals surface area contributed by atoms with Gasteiger partial charge >= 0.3 is 0 Å². The second-order valence-electron chi connectivity index (χ2n) is 5.18. The number of hydrogen-bond donors (Lipinski definition) is 1. The summed E-state index contributed by atoms with van der Waals surface area (Å²) in [5.74, 6) is 0. The minimum Gasteiger partial charge on any atom is -0.388 e. The maximum atomic E-state index is 11.1. The molecule has 0 aliphatic heterocycles. The number of nitro groups is 1. The van der Waals surface area contributed by atoms with Crippen molar-refractivity contribution in [3.63, 3.8) is 0 Å². The van der Waals surface area contributed by atoms with E-state index in [9.17, 15) is 10.1 Å². The van der Waals surface area contributed by atoms with Crippen LogP contribution in [0.5, 0.6) is 0 Å². The maximum absolute atomic E-state index is 11.1. The van der Waals surface area contributed by atoms with Crippen LogP contribution < -0.4 is 10.2 Å². The van der Waals surface area contributed by atoms with Gasteiger partial charge in [-0.2, -0.15) is 0 Å². The van der Waals surface area contributed by atoms with Crippen molar-refractivity contribution in [2.24, 2.45) is 0 Å². The molecule has 1 aliphatic carbocycles. The first-order chi connectivity index (χ1) is 10.2. The van der Waals surface area contributed by atoms with E-state index in [0.29, 0.717) is 6.04 Å². The molecule has 1 fully saturated rings. The minimum atomic E-state index is -0.333. The van der Waals surface area contributed by atoms with Crippen LogP contribution in [-0.2, 0) is 6.54 Å². The monoisotopic (exact) mass is 303 g/mol. The highest BCUT2D eigenvalue weighted by atomic mass is 32.1. The molecule has 0 radical (unpaired) electrons. The highest BCUT2D eigenvalue weighted by molar-refractivity contribution is 7.09. The van der Waals surface area contributed by atoms with Crippen molar-refractivity contribution in [3.8, 4) is 0 Å². The minimum absolute atomic E-state index is 0.133. The molecule has 110 valence electrons. The van der Waals surface area contributed by atoms with Gasteiger partial charge in [0.15, 0.2) is 0 Å². The Morgan fingerprint density at radius 1 is 1.43 bits per heavy atom. The van der Waals surface area contributed by atoms with Gasteiger partial charge in [0.1, 0.15) is 0 Å². The molecule has 5 nitrogen and oxygen atoms in total. The average Bonchev–Trinajstić information content (AvgIpc) is 3.20. The summed E-state index contributed by atoms with van der Waals surface area (Å²) in [5, 5.41) is 16.2. The van der Waals surface area contributed by atoms with Crippen LogP contribution in [0.1, 0.15) is 17.7 Å². The standard InChI is InChI=1S/C15H17N3O2S/c1-16-11-7-13(9-14(8-11)18(19)20)17(12-4-5-12)10-15-3-2-6-21-15/h2-3,6-9,12,16H,4-5,10H2,1H3. The zero-order valence-corrected chi connectivity index (χ0v) is 12.6. The predicted octanol–water partition coefficient (Wildman–Crippen LogP) is 3.87. The summed E-state index contributed by atoms with van der Waals surface area (Å²) in [6.07, 6.45) is 2.31. The zero-order chi connectivity index (χ0) is 14.8. The van der Waals surface area contributed by atoms with Gasteiger partial charge in [-0.05, 0) is 30.4 Å². The highest BCUT2D eigenvalue weighted by Crippen LogP contribution is 2.36. The van der Waals surface area contributed by atoms with Crippen LogP contribution in [0, 0.1) is 10.1 Å². The summed E-state index contributed by atoms with van der Waals surface area (Å²) in [6.45, 7) is 0.812. The molecule has 1 N–H and O–H groups in total. The number of nitrogens with one attached hydrogen (secondary N) is 1. The SMILES string of the molecule is CNc1cc(N(Cc2cccs2)C2CC2)cc([N+](=O)[O-])c1. The van der Waals surface area contributed by atoms with E-state index in [1.807, 2.05) is 12.1 Å². The topological polar surface area (TPSA) is 58.4 Å². The van der Waals surface area contributed by atoms with Crippen molar-refractivity contribution in [1.29, 1.82) is 0 Å². The molecule has 1 aromatic heterocycles. The molecule has 0 spiro atoms. The first-order valence-electron chi connectivity index (χ1n) is 6.93. The number of non-ortho nitro benzene ring substituents is 1. The lowest BCUT2D eigenvalue weighted by Crippen LogP contribution is -2.24. The number of nitrogens with zero attached hydrogens (tertiary/aromatic N) is 2. The van der Waals surface area contributed by atoms with Gasteiger partial charge in [0, 0.05) is 41.5 Å². The summed E-state index contributed by atoms with van der Waals surface area (Å²) in [6, 6.07) is 9.87. The molecule has 0 unspecified atom stereocenters. The summed E-state index contributed by atoms with van der Waals surface area (Å²) >= 11 is 1.72. The molecule has 3 rings (SSSR count). The Kier molecular flexibility index (Phi) is 3.79. The van der Waals surface area contributed by atoms with Gasteiger partial charge in [0.05, 0.1) is 11.5 Å². The molecule has 0 atom stereocenters. The Balaban J connectivity index is 1.94. The van der Waals surface area contributed by atoms with Crippen LogP contribution >= 0.6 is 11.3 Å². The summed E-state index contributed by atoms with van der Waals surface area (Å²) in [7, 11) is 1.78. The molecule has 2 aromatic rings. The summed E-state index contributed by atoms with van der Waals surface area (Å²) in [4.78, 5) is 14.3. The molecule has 1 aromatic carbocycles. The van der Waals surface area contributed by atoms with E-state index in [1.54, 1.807) is 30.5 Å². The number of rotatable bonds is 6. The number of thiophene rings is 1. The molecule has 0 bridgehead atoms. The molecule has 21 heavy (non-hydrogen) atoms. The average molecular weight is 303 g/mol. The summed E-state index contributed by atoms with van der Waals surface area (Å²) < 4.78 is 0. The van der Waals surface area contributed by atoms with Crippen molar-refractivity contribution < 1.29 is 4.92 Å². The lowest BCUT2D eigenvalue weighted by molar-refractivity contribution is -0.384. The maximum Gasteiger partial charge on any atom is 0.273 e. The van der Waals surface area contributed by atoms with E-state index in [4.69, 9.17) is 0 Å². The molecule has 0 saturated heterocycles. The first kappa shape index (κ1) is 13.9. The van der Waals surface area contributed by atoms with E-state index in [1.165, 1.54) is 4.88 Å². The molecule has 0 amide bonds. The van der Waals surface area contributed by atoms with Gasteiger partial charge in [-0.15, -0.1) is 11.3 Å². The fourth-order valence-corrected chi connectivity index (χ4v) is 3.10. The largest absolute Gasteiger partial charge is 0.388 e. The molecule has 1 saturated carbocycles. The van der Waals surface area contributed by atoms with E-state index < -0.39 is 0 Å². The third-order valence-corrected chi connectivity index (χ3v) is 4.49. The first-order valence-corrected chi connectivity index (χ1v) is 7.81. The number of anilines is 2. The van der Waals surface area contributed by atoms with Crippen molar-refractivity contribution >= 4 is 28.4 Å². The lowest BCUT2D eigenvalue weighted by atomic mass is 10.2. The van der Waals surface area contributed by atoms with Gasteiger partial charge in [-0.3, -0.25) is 10.1 Å². The smallest absolute Gasteiger partial charge is 0.273 e. The summed E-state index contributed by atoms with van der Waals surface area (Å²) in [5.41, 5.74) is 1.83. The number of hydrogen-bond acceptors (Lipinski definition) is 5. The van der Waals surface area contributed by atoms with Crippen molar-refractivity contribution in [1.82, 2.24) is 0 Å². The van der Waals surface area contributed by atoms with Crippen LogP contribution in [0.4, 0.5) is 17.1 Å². The van der Waals surface area contributed by atoms with Gasteiger partial charge in [0.2, 0.25) is 0 Å². The third-order valence-electron chi connectivity index (χ3n) is 3.63. The van der Waals surface area contributed by atoms with Gasteiger partial charge in [-0.25, -0.2) is 0 Å². The normalized spacial score (nSPS) is 14.0. The zero-order valence-electron chi connectivity index (χ0n) is 11.8. The second-order valence-corrected chi connectivity index (χ2v) is 6.22. The number of nitro benzene ring substituents is 1. The second kappa shape index (κ2) is 5.73. The van der Waals surface area contributed by atoms with Gasteiger partial charge in [0.25, 0.3) is 5.69 Å². The Bertz CT molecular complexity index is 638. The Morgan fingerprint density at radius 2 is 2.24 bits per heavy atom. The molecule has 6 heteroatoms. The Labute approximate surface area is 127 Å². The molecular formula is C15H17N3O2S. The van der Waals surface area contributed by atoms with Crippen LogP contribution in [-0.4, -0.2) is 18.0 Å². The third kappa shape index (κ3) is 3.16. The fraction of sp³-hybridized carbons (Fsp3) is 0.333. The van der Waals surface area contributed by atoms with Gasteiger partial charge in [-0.1, -0.05) is 6.07 Å². The molecular weight excluding hydrogens is 286 g/mol. The highest BCUT2D eigenvalue weighted by Gasteiger charge is 2.30. The van der Waals surface area contributed by atoms with Crippen molar-refractivity contribution in [2.45, 2.75) is 25.4 Å². The van der Waals surface area contributed by atoms with E-state index in [0.717, 1.165) is 30.8 Å². The van der Waals surface area contributed by atoms with E-state index in [-0.39, 0.29) is 10.6 Å².